The van der Waals surface area contributed by atoms with Crippen LogP contribution < -0.4 is 5.32 Å². The first kappa shape index (κ1) is 11.0. The molecule has 2 heteroatoms. The Labute approximate surface area is 82.0 Å². The van der Waals surface area contributed by atoms with Crippen LogP contribution in [-0.2, 0) is 4.74 Å². The lowest BCUT2D eigenvalue weighted by Crippen LogP contribution is -2.31. The third-order valence-electron chi connectivity index (χ3n) is 3.36. The average Bonchev–Trinajstić information content (AvgIpc) is 2.18. The molecule has 0 radical (unpaired) electrons. The van der Waals surface area contributed by atoms with E-state index in [0.717, 1.165) is 37.5 Å². The summed E-state index contributed by atoms with van der Waals surface area (Å²) >= 11 is 0. The molecule has 0 aromatic rings. The maximum atomic E-state index is 5.51. The van der Waals surface area contributed by atoms with E-state index in [1.54, 1.807) is 0 Å². The van der Waals surface area contributed by atoms with E-state index in [9.17, 15) is 0 Å². The second kappa shape index (κ2) is 5.61. The van der Waals surface area contributed by atoms with Gasteiger partial charge in [-0.2, -0.15) is 0 Å². The summed E-state index contributed by atoms with van der Waals surface area (Å²) in [5.41, 5.74) is 0. The van der Waals surface area contributed by atoms with E-state index in [4.69, 9.17) is 4.74 Å². The highest BCUT2D eigenvalue weighted by Gasteiger charge is 2.24. The van der Waals surface area contributed by atoms with Gasteiger partial charge in [0, 0.05) is 13.2 Å². The average molecular weight is 185 g/mol. The van der Waals surface area contributed by atoms with Crippen molar-refractivity contribution < 1.29 is 4.74 Å². The molecule has 1 saturated heterocycles. The van der Waals surface area contributed by atoms with Crippen LogP contribution in [0.15, 0.2) is 0 Å². The van der Waals surface area contributed by atoms with E-state index in [-0.39, 0.29) is 0 Å². The van der Waals surface area contributed by atoms with Crippen LogP contribution in [0.1, 0.15) is 26.7 Å². The molecule has 3 atom stereocenters. The molecule has 1 heterocycles. The lowest BCUT2D eigenvalue weighted by Gasteiger charge is -2.31. The zero-order valence-electron chi connectivity index (χ0n) is 9.18. The van der Waals surface area contributed by atoms with Crippen molar-refractivity contribution >= 4 is 0 Å². The summed E-state index contributed by atoms with van der Waals surface area (Å²) in [6.07, 6.45) is 2.61. The van der Waals surface area contributed by atoms with E-state index in [2.05, 4.69) is 19.2 Å². The highest BCUT2D eigenvalue weighted by atomic mass is 16.5. The van der Waals surface area contributed by atoms with Crippen LogP contribution in [0.4, 0.5) is 0 Å². The van der Waals surface area contributed by atoms with Crippen molar-refractivity contribution in [1.29, 1.82) is 0 Å². The molecule has 1 fully saturated rings. The highest BCUT2D eigenvalue weighted by Crippen LogP contribution is 2.27. The molecule has 0 saturated carbocycles. The molecule has 1 aliphatic rings. The smallest absolute Gasteiger partial charge is 0.0496 e. The molecule has 1 aliphatic heterocycles. The van der Waals surface area contributed by atoms with Gasteiger partial charge in [0.25, 0.3) is 0 Å². The fourth-order valence-electron chi connectivity index (χ4n) is 2.15. The van der Waals surface area contributed by atoms with Gasteiger partial charge in [-0.1, -0.05) is 13.8 Å². The van der Waals surface area contributed by atoms with Crippen molar-refractivity contribution in [3.63, 3.8) is 0 Å². The molecule has 0 aromatic heterocycles. The Morgan fingerprint density at radius 2 is 2.23 bits per heavy atom. The van der Waals surface area contributed by atoms with Crippen molar-refractivity contribution in [2.24, 2.45) is 17.8 Å². The third-order valence-corrected chi connectivity index (χ3v) is 3.36. The molecule has 0 bridgehead atoms. The van der Waals surface area contributed by atoms with Gasteiger partial charge in [-0.05, 0) is 44.2 Å². The zero-order chi connectivity index (χ0) is 9.68. The molecule has 1 rings (SSSR count). The summed E-state index contributed by atoms with van der Waals surface area (Å²) < 4.78 is 5.51. The summed E-state index contributed by atoms with van der Waals surface area (Å²) in [5.74, 6) is 2.33. The van der Waals surface area contributed by atoms with Gasteiger partial charge in [-0.3, -0.25) is 0 Å². The molecule has 0 spiro atoms. The first-order valence-electron chi connectivity index (χ1n) is 5.48. The molecule has 0 aliphatic carbocycles. The predicted octanol–water partition coefficient (Wildman–Crippen LogP) is 1.90. The monoisotopic (exact) mass is 185 g/mol. The molecule has 3 unspecified atom stereocenters. The molecule has 1 N–H and O–H groups in total. The topological polar surface area (TPSA) is 21.3 Å². The van der Waals surface area contributed by atoms with Crippen molar-refractivity contribution in [3.05, 3.63) is 0 Å². The first-order valence-corrected chi connectivity index (χ1v) is 5.48. The van der Waals surface area contributed by atoms with Gasteiger partial charge < -0.3 is 10.1 Å². The SMILES string of the molecule is CNCC(C)C(C)C1CCCOC1. The third kappa shape index (κ3) is 3.28. The fraction of sp³-hybridized carbons (Fsp3) is 1.00. The van der Waals surface area contributed by atoms with Gasteiger partial charge in [-0.15, -0.1) is 0 Å². The number of hydrogen-bond donors (Lipinski definition) is 1. The standard InChI is InChI=1S/C11H23NO/c1-9(7-12-3)10(2)11-5-4-6-13-8-11/h9-12H,4-8H2,1-3H3. The molecular weight excluding hydrogens is 162 g/mol. The second-order valence-electron chi connectivity index (χ2n) is 4.37. The number of nitrogens with one attached hydrogen (secondary N) is 1. The molecule has 78 valence electrons. The summed E-state index contributed by atoms with van der Waals surface area (Å²) in [4.78, 5) is 0. The lowest BCUT2D eigenvalue weighted by molar-refractivity contribution is 0.0232. The van der Waals surface area contributed by atoms with Crippen LogP contribution in [0.2, 0.25) is 0 Å². The van der Waals surface area contributed by atoms with Crippen LogP contribution in [0, 0.1) is 17.8 Å². The predicted molar refractivity (Wildman–Crippen MR) is 55.8 cm³/mol. The zero-order valence-corrected chi connectivity index (χ0v) is 9.18. The molecular formula is C11H23NO. The number of ether oxygens (including phenoxy) is 1. The van der Waals surface area contributed by atoms with E-state index in [1.165, 1.54) is 12.8 Å². The van der Waals surface area contributed by atoms with Crippen LogP contribution in [0.25, 0.3) is 0 Å². The van der Waals surface area contributed by atoms with Gasteiger partial charge in [0.05, 0.1) is 0 Å². The fourth-order valence-corrected chi connectivity index (χ4v) is 2.15. The van der Waals surface area contributed by atoms with Crippen LogP contribution in [0.5, 0.6) is 0 Å². The highest BCUT2D eigenvalue weighted by molar-refractivity contribution is 4.74. The Kier molecular flexibility index (Phi) is 4.74. The minimum Gasteiger partial charge on any atom is -0.381 e. The van der Waals surface area contributed by atoms with Gasteiger partial charge in [0.2, 0.25) is 0 Å². The minimum atomic E-state index is 0.761. The van der Waals surface area contributed by atoms with Gasteiger partial charge in [0.15, 0.2) is 0 Å². The van der Waals surface area contributed by atoms with Crippen molar-refractivity contribution in [2.45, 2.75) is 26.7 Å². The Balaban J connectivity index is 2.31. The quantitative estimate of drug-likeness (QED) is 0.722. The molecule has 13 heavy (non-hydrogen) atoms. The van der Waals surface area contributed by atoms with Crippen molar-refractivity contribution in [2.75, 3.05) is 26.8 Å². The van der Waals surface area contributed by atoms with Crippen LogP contribution >= 0.6 is 0 Å². The largest absolute Gasteiger partial charge is 0.381 e. The van der Waals surface area contributed by atoms with E-state index in [0.29, 0.717) is 0 Å². The normalized spacial score (nSPS) is 28.4. The minimum absolute atomic E-state index is 0.761. The Morgan fingerprint density at radius 3 is 2.77 bits per heavy atom. The Bertz CT molecular complexity index is 132. The maximum Gasteiger partial charge on any atom is 0.0496 e. The summed E-state index contributed by atoms with van der Waals surface area (Å²) in [5, 5.41) is 3.25. The van der Waals surface area contributed by atoms with Gasteiger partial charge >= 0.3 is 0 Å². The van der Waals surface area contributed by atoms with Crippen LogP contribution in [0.3, 0.4) is 0 Å². The van der Waals surface area contributed by atoms with Crippen molar-refractivity contribution in [1.82, 2.24) is 5.32 Å². The van der Waals surface area contributed by atoms with Gasteiger partial charge in [0.1, 0.15) is 0 Å². The summed E-state index contributed by atoms with van der Waals surface area (Å²) in [7, 11) is 2.03. The molecule has 2 nitrogen and oxygen atoms in total. The first-order chi connectivity index (χ1) is 6.25. The van der Waals surface area contributed by atoms with E-state index >= 15 is 0 Å². The Morgan fingerprint density at radius 1 is 1.46 bits per heavy atom. The second-order valence-corrected chi connectivity index (χ2v) is 4.37. The lowest BCUT2D eigenvalue weighted by atomic mass is 9.81. The molecule has 0 amide bonds. The summed E-state index contributed by atoms with van der Waals surface area (Å²) in [6, 6.07) is 0. The van der Waals surface area contributed by atoms with Crippen LogP contribution in [-0.4, -0.2) is 26.8 Å². The number of hydrogen-bond acceptors (Lipinski definition) is 2. The maximum absolute atomic E-state index is 5.51. The van der Waals surface area contributed by atoms with Crippen molar-refractivity contribution in [3.8, 4) is 0 Å². The van der Waals surface area contributed by atoms with E-state index < -0.39 is 0 Å². The van der Waals surface area contributed by atoms with Gasteiger partial charge in [-0.25, -0.2) is 0 Å². The molecule has 0 aromatic carbocycles. The van der Waals surface area contributed by atoms with E-state index in [1.807, 2.05) is 7.05 Å². The summed E-state index contributed by atoms with van der Waals surface area (Å²) in [6.45, 7) is 7.77. The number of rotatable bonds is 4. The Hall–Kier alpha value is -0.0800.